The standard InChI is InChI=1S/C6H10N4O2/c1-12-6(11)2-3-10-8-4-5(7)9-10/h4H,2-3H2,1H3,(H2,7,9). The van der Waals surface area contributed by atoms with E-state index in [-0.39, 0.29) is 12.4 Å². The van der Waals surface area contributed by atoms with E-state index in [2.05, 4.69) is 14.9 Å². The Morgan fingerprint density at radius 1 is 1.83 bits per heavy atom. The van der Waals surface area contributed by atoms with Crippen molar-refractivity contribution < 1.29 is 9.53 Å². The lowest BCUT2D eigenvalue weighted by atomic mass is 10.4. The van der Waals surface area contributed by atoms with Crippen LogP contribution in [0.3, 0.4) is 0 Å². The Labute approximate surface area is 69.3 Å². The molecule has 1 aromatic rings. The minimum atomic E-state index is -0.286. The molecule has 1 rings (SSSR count). The summed E-state index contributed by atoms with van der Waals surface area (Å²) in [7, 11) is 1.34. The van der Waals surface area contributed by atoms with Gasteiger partial charge in [0.2, 0.25) is 0 Å². The van der Waals surface area contributed by atoms with E-state index in [0.717, 1.165) is 0 Å². The first-order valence-corrected chi connectivity index (χ1v) is 3.45. The molecule has 0 spiro atoms. The zero-order chi connectivity index (χ0) is 8.97. The predicted molar refractivity (Wildman–Crippen MR) is 41.1 cm³/mol. The highest BCUT2D eigenvalue weighted by molar-refractivity contribution is 5.68. The largest absolute Gasteiger partial charge is 0.469 e. The number of nitrogens with zero attached hydrogens (tertiary/aromatic N) is 3. The molecule has 0 unspecified atom stereocenters. The Morgan fingerprint density at radius 2 is 2.58 bits per heavy atom. The molecule has 0 radical (unpaired) electrons. The SMILES string of the molecule is COC(=O)CCn1ncc(N)n1. The minimum absolute atomic E-state index is 0.255. The maximum atomic E-state index is 10.7. The molecule has 0 aliphatic carbocycles. The molecule has 1 heterocycles. The highest BCUT2D eigenvalue weighted by Crippen LogP contribution is 1.93. The van der Waals surface area contributed by atoms with Crippen LogP contribution in [-0.4, -0.2) is 28.1 Å². The van der Waals surface area contributed by atoms with Gasteiger partial charge in [-0.25, -0.2) is 0 Å². The van der Waals surface area contributed by atoms with Gasteiger partial charge in [0, 0.05) is 0 Å². The van der Waals surface area contributed by atoms with Crippen LogP contribution >= 0.6 is 0 Å². The molecular weight excluding hydrogens is 160 g/mol. The fourth-order valence-corrected chi connectivity index (χ4v) is 0.712. The van der Waals surface area contributed by atoms with Gasteiger partial charge < -0.3 is 10.5 Å². The second-order valence-electron chi connectivity index (χ2n) is 2.19. The normalized spacial score (nSPS) is 9.75. The monoisotopic (exact) mass is 170 g/mol. The first-order chi connectivity index (χ1) is 5.72. The Bertz CT molecular complexity index is 270. The van der Waals surface area contributed by atoms with Gasteiger partial charge in [0.05, 0.1) is 26.3 Å². The van der Waals surface area contributed by atoms with E-state index in [4.69, 9.17) is 5.73 Å². The van der Waals surface area contributed by atoms with Crippen LogP contribution in [0.5, 0.6) is 0 Å². The second kappa shape index (κ2) is 3.70. The Hall–Kier alpha value is -1.59. The molecule has 6 nitrogen and oxygen atoms in total. The van der Waals surface area contributed by atoms with Crippen molar-refractivity contribution >= 4 is 11.8 Å². The number of anilines is 1. The summed E-state index contributed by atoms with van der Waals surface area (Å²) in [6.45, 7) is 0.393. The van der Waals surface area contributed by atoms with Gasteiger partial charge in [-0.3, -0.25) is 4.79 Å². The van der Waals surface area contributed by atoms with Crippen LogP contribution in [0.4, 0.5) is 5.82 Å². The van der Waals surface area contributed by atoms with E-state index in [0.29, 0.717) is 12.4 Å². The molecule has 2 N–H and O–H groups in total. The molecule has 0 aliphatic heterocycles. The maximum Gasteiger partial charge on any atom is 0.307 e. The number of rotatable bonds is 3. The topological polar surface area (TPSA) is 83.0 Å². The van der Waals surface area contributed by atoms with Crippen LogP contribution in [0.15, 0.2) is 6.20 Å². The molecule has 0 fully saturated rings. The number of hydrogen-bond acceptors (Lipinski definition) is 5. The minimum Gasteiger partial charge on any atom is -0.469 e. The van der Waals surface area contributed by atoms with Crippen LogP contribution in [0, 0.1) is 0 Å². The molecule has 12 heavy (non-hydrogen) atoms. The van der Waals surface area contributed by atoms with E-state index in [1.54, 1.807) is 0 Å². The zero-order valence-corrected chi connectivity index (χ0v) is 6.73. The molecule has 6 heteroatoms. The summed E-state index contributed by atoms with van der Waals surface area (Å²) in [6, 6.07) is 0. The summed E-state index contributed by atoms with van der Waals surface area (Å²) >= 11 is 0. The Morgan fingerprint density at radius 3 is 3.08 bits per heavy atom. The molecule has 1 aromatic heterocycles. The number of esters is 1. The quantitative estimate of drug-likeness (QED) is 0.614. The third-order valence-electron chi connectivity index (χ3n) is 1.30. The summed E-state index contributed by atoms with van der Waals surface area (Å²) in [6.07, 6.45) is 1.68. The van der Waals surface area contributed by atoms with Crippen LogP contribution in [0.25, 0.3) is 0 Å². The first-order valence-electron chi connectivity index (χ1n) is 3.45. The number of aromatic nitrogens is 3. The van der Waals surface area contributed by atoms with Crippen molar-refractivity contribution in [3.05, 3.63) is 6.20 Å². The summed E-state index contributed by atoms with van der Waals surface area (Å²) in [4.78, 5) is 12.0. The van der Waals surface area contributed by atoms with Crippen molar-refractivity contribution in [2.45, 2.75) is 13.0 Å². The lowest BCUT2D eigenvalue weighted by molar-refractivity contribution is -0.140. The lowest BCUT2D eigenvalue weighted by Gasteiger charge is -1.97. The van der Waals surface area contributed by atoms with Gasteiger partial charge in [0.1, 0.15) is 0 Å². The fourth-order valence-electron chi connectivity index (χ4n) is 0.712. The Balaban J connectivity index is 2.38. The van der Waals surface area contributed by atoms with Gasteiger partial charge in [-0.2, -0.15) is 9.90 Å². The molecule has 0 atom stereocenters. The van der Waals surface area contributed by atoms with E-state index < -0.39 is 0 Å². The average Bonchev–Trinajstić information content (AvgIpc) is 2.47. The second-order valence-corrected chi connectivity index (χ2v) is 2.19. The van der Waals surface area contributed by atoms with E-state index in [1.165, 1.54) is 18.1 Å². The van der Waals surface area contributed by atoms with Crippen molar-refractivity contribution in [2.24, 2.45) is 0 Å². The third-order valence-corrected chi connectivity index (χ3v) is 1.30. The van der Waals surface area contributed by atoms with Gasteiger partial charge in [-0.1, -0.05) is 0 Å². The number of hydrogen-bond donors (Lipinski definition) is 1. The van der Waals surface area contributed by atoms with Gasteiger partial charge in [-0.15, -0.1) is 5.10 Å². The molecule has 0 amide bonds. The van der Waals surface area contributed by atoms with Crippen molar-refractivity contribution in [1.82, 2.24) is 15.0 Å². The average molecular weight is 170 g/mol. The highest BCUT2D eigenvalue weighted by atomic mass is 16.5. The summed E-state index contributed by atoms with van der Waals surface area (Å²) in [5, 5.41) is 7.59. The van der Waals surface area contributed by atoms with Gasteiger partial charge in [-0.05, 0) is 0 Å². The van der Waals surface area contributed by atoms with E-state index in [1.807, 2.05) is 0 Å². The number of nitrogen functional groups attached to an aromatic ring is 1. The van der Waals surface area contributed by atoms with Crippen molar-refractivity contribution in [2.75, 3.05) is 12.8 Å². The zero-order valence-electron chi connectivity index (χ0n) is 6.73. The molecular formula is C6H10N4O2. The summed E-state index contributed by atoms with van der Waals surface area (Å²) in [5.41, 5.74) is 5.31. The predicted octanol–water partition coefficient (Wildman–Crippen LogP) is -0.577. The van der Waals surface area contributed by atoms with Crippen LogP contribution in [0.2, 0.25) is 0 Å². The van der Waals surface area contributed by atoms with Gasteiger partial charge in [0.25, 0.3) is 0 Å². The number of aryl methyl sites for hydroxylation is 1. The van der Waals surface area contributed by atoms with Crippen LogP contribution < -0.4 is 5.73 Å². The summed E-state index contributed by atoms with van der Waals surface area (Å²) < 4.78 is 4.44. The van der Waals surface area contributed by atoms with Crippen molar-refractivity contribution in [3.8, 4) is 0 Å². The van der Waals surface area contributed by atoms with Gasteiger partial charge >= 0.3 is 5.97 Å². The first kappa shape index (κ1) is 8.51. The lowest BCUT2D eigenvalue weighted by Crippen LogP contribution is -2.09. The van der Waals surface area contributed by atoms with E-state index in [9.17, 15) is 4.79 Å². The highest BCUT2D eigenvalue weighted by Gasteiger charge is 2.01. The molecule has 0 aliphatic rings. The fraction of sp³-hybridized carbons (Fsp3) is 0.500. The van der Waals surface area contributed by atoms with Crippen molar-refractivity contribution in [1.29, 1.82) is 0 Å². The van der Waals surface area contributed by atoms with Crippen LogP contribution in [-0.2, 0) is 16.1 Å². The third kappa shape index (κ3) is 2.22. The number of methoxy groups -OCH3 is 1. The van der Waals surface area contributed by atoms with E-state index >= 15 is 0 Å². The molecule has 0 bridgehead atoms. The van der Waals surface area contributed by atoms with Crippen LogP contribution in [0.1, 0.15) is 6.42 Å². The molecule has 0 saturated heterocycles. The molecule has 0 aromatic carbocycles. The molecule has 66 valence electrons. The Kier molecular flexibility index (Phi) is 2.62. The van der Waals surface area contributed by atoms with Gasteiger partial charge in [0.15, 0.2) is 5.82 Å². The molecule has 0 saturated carbocycles. The summed E-state index contributed by atoms with van der Waals surface area (Å²) in [5.74, 6) is 0.0609. The number of nitrogens with two attached hydrogens (primary N) is 1. The maximum absolute atomic E-state index is 10.7. The number of ether oxygens (including phenoxy) is 1. The smallest absolute Gasteiger partial charge is 0.307 e. The number of carbonyl (C=O) groups excluding carboxylic acids is 1. The van der Waals surface area contributed by atoms with Crippen molar-refractivity contribution in [3.63, 3.8) is 0 Å². The number of carbonyl (C=O) groups is 1.